The van der Waals surface area contributed by atoms with E-state index in [9.17, 15) is 5.11 Å². The van der Waals surface area contributed by atoms with Crippen molar-refractivity contribution in [3.05, 3.63) is 29.8 Å². The van der Waals surface area contributed by atoms with E-state index in [0.717, 1.165) is 12.0 Å². The van der Waals surface area contributed by atoms with E-state index >= 15 is 0 Å². The minimum atomic E-state index is -1.34. The third kappa shape index (κ3) is 6.83. The Kier molecular flexibility index (Phi) is 8.18. The molecule has 0 aliphatic heterocycles. The summed E-state index contributed by atoms with van der Waals surface area (Å²) in [5, 5.41) is 34.5. The molecular weight excluding hydrogens is 299 g/mol. The predicted molar refractivity (Wildman–Crippen MR) is 95.5 cm³/mol. The largest absolute Gasteiger partial charge is 0.488 e. The standard InChI is InChI=1S/C8H11BO2.C7H16N2OS/c1-2-7-5-3-4-6-8(7)9(10)11;1-6(2,10)7(3,4)11-5(8)9/h3-6,10-11H,2H2,1H3;10H,1-4H3,(H3,8,9). The highest BCUT2D eigenvalue weighted by Crippen LogP contribution is 2.34. The van der Waals surface area contributed by atoms with Gasteiger partial charge in [-0.2, -0.15) is 0 Å². The number of rotatable bonds is 4. The van der Waals surface area contributed by atoms with Crippen LogP contribution in [-0.2, 0) is 6.42 Å². The first-order valence-corrected chi connectivity index (χ1v) is 7.93. The van der Waals surface area contributed by atoms with Gasteiger partial charge in [0.15, 0.2) is 5.17 Å². The molecule has 5 nitrogen and oxygen atoms in total. The van der Waals surface area contributed by atoms with Crippen LogP contribution in [0.2, 0.25) is 0 Å². The fourth-order valence-corrected chi connectivity index (χ4v) is 2.31. The predicted octanol–water partition coefficient (Wildman–Crippen LogP) is 1.09. The quantitative estimate of drug-likeness (QED) is 0.323. The molecule has 0 saturated carbocycles. The molecule has 0 saturated heterocycles. The molecule has 22 heavy (non-hydrogen) atoms. The van der Waals surface area contributed by atoms with E-state index in [-0.39, 0.29) is 5.17 Å². The van der Waals surface area contributed by atoms with Gasteiger partial charge in [0.2, 0.25) is 0 Å². The summed E-state index contributed by atoms with van der Waals surface area (Å²) in [7, 11) is -1.34. The van der Waals surface area contributed by atoms with Crippen LogP contribution in [-0.4, -0.2) is 37.8 Å². The number of nitrogens with one attached hydrogen (secondary N) is 1. The van der Waals surface area contributed by atoms with Crippen LogP contribution in [0.5, 0.6) is 0 Å². The maximum Gasteiger partial charge on any atom is 0.488 e. The molecule has 0 radical (unpaired) electrons. The molecule has 0 unspecified atom stereocenters. The molecule has 1 rings (SSSR count). The van der Waals surface area contributed by atoms with Crippen LogP contribution in [0.1, 0.15) is 40.2 Å². The van der Waals surface area contributed by atoms with Crippen molar-refractivity contribution in [3.63, 3.8) is 0 Å². The smallest absolute Gasteiger partial charge is 0.423 e. The van der Waals surface area contributed by atoms with Gasteiger partial charge in [0.25, 0.3) is 0 Å². The molecule has 0 heterocycles. The summed E-state index contributed by atoms with van der Waals surface area (Å²) in [6, 6.07) is 7.32. The van der Waals surface area contributed by atoms with Gasteiger partial charge in [-0.25, -0.2) is 0 Å². The summed E-state index contributed by atoms with van der Waals surface area (Å²) < 4.78 is -0.418. The molecule has 0 aromatic heterocycles. The highest BCUT2D eigenvalue weighted by molar-refractivity contribution is 8.14. The second kappa shape index (κ2) is 8.57. The number of aliphatic hydroxyl groups is 1. The molecule has 1 aromatic carbocycles. The van der Waals surface area contributed by atoms with Crippen LogP contribution in [0, 0.1) is 5.41 Å². The fourth-order valence-electron chi connectivity index (χ4n) is 1.51. The summed E-state index contributed by atoms with van der Waals surface area (Å²) >= 11 is 1.17. The Morgan fingerprint density at radius 1 is 1.23 bits per heavy atom. The number of hydrogen-bond donors (Lipinski definition) is 5. The first-order chi connectivity index (χ1) is 9.92. The van der Waals surface area contributed by atoms with Crippen molar-refractivity contribution in [2.45, 2.75) is 51.4 Å². The van der Waals surface area contributed by atoms with Crippen LogP contribution in [0.3, 0.4) is 0 Å². The Bertz CT molecular complexity index is 488. The van der Waals surface area contributed by atoms with E-state index in [1.165, 1.54) is 11.8 Å². The molecule has 0 spiro atoms. The van der Waals surface area contributed by atoms with Crippen molar-refractivity contribution in [2.24, 2.45) is 5.73 Å². The van der Waals surface area contributed by atoms with Gasteiger partial charge in [-0.1, -0.05) is 43.0 Å². The van der Waals surface area contributed by atoms with Crippen molar-refractivity contribution in [2.75, 3.05) is 0 Å². The Morgan fingerprint density at radius 3 is 2.00 bits per heavy atom. The molecule has 124 valence electrons. The Labute approximate surface area is 137 Å². The summed E-state index contributed by atoms with van der Waals surface area (Å²) in [5.41, 5.74) is 5.98. The van der Waals surface area contributed by atoms with Gasteiger partial charge >= 0.3 is 7.12 Å². The van der Waals surface area contributed by atoms with Crippen molar-refractivity contribution < 1.29 is 15.2 Å². The van der Waals surface area contributed by atoms with Gasteiger partial charge < -0.3 is 20.9 Å². The second-order valence-electron chi connectivity index (χ2n) is 5.96. The summed E-state index contributed by atoms with van der Waals surface area (Å²) in [6.45, 7) is 9.13. The van der Waals surface area contributed by atoms with Gasteiger partial charge in [-0.3, -0.25) is 5.41 Å². The molecule has 0 bridgehead atoms. The minimum Gasteiger partial charge on any atom is -0.423 e. The Hall–Kier alpha value is -1.02. The van der Waals surface area contributed by atoms with Crippen molar-refractivity contribution in [1.29, 1.82) is 5.41 Å². The second-order valence-corrected chi connectivity index (χ2v) is 7.63. The van der Waals surface area contributed by atoms with Gasteiger partial charge in [0.05, 0.1) is 5.60 Å². The monoisotopic (exact) mass is 326 g/mol. The first kappa shape index (κ1) is 21.0. The molecule has 0 amide bonds. The summed E-state index contributed by atoms with van der Waals surface area (Å²) in [4.78, 5) is 0. The Morgan fingerprint density at radius 2 is 1.73 bits per heavy atom. The fraction of sp³-hybridized carbons (Fsp3) is 0.533. The Balaban J connectivity index is 0.000000401. The first-order valence-electron chi connectivity index (χ1n) is 7.11. The zero-order valence-corrected chi connectivity index (χ0v) is 14.7. The molecule has 7 heteroatoms. The number of nitrogens with two attached hydrogens (primary N) is 1. The SMILES string of the molecule is CC(C)(O)C(C)(C)SC(=N)N.CCc1ccccc1B(O)O. The number of benzene rings is 1. The molecule has 0 atom stereocenters. The molecular formula is C15H27BN2O3S. The van der Waals surface area contributed by atoms with Crippen LogP contribution in [0.4, 0.5) is 0 Å². The number of aryl methyl sites for hydroxylation is 1. The van der Waals surface area contributed by atoms with Gasteiger partial charge in [-0.15, -0.1) is 0 Å². The van der Waals surface area contributed by atoms with Crippen molar-refractivity contribution in [3.8, 4) is 0 Å². The topological polar surface area (TPSA) is 111 Å². The lowest BCUT2D eigenvalue weighted by molar-refractivity contribution is 0.0496. The van der Waals surface area contributed by atoms with Gasteiger partial charge in [-0.05, 0) is 45.1 Å². The average Bonchev–Trinajstić information content (AvgIpc) is 2.36. The zero-order chi connectivity index (χ0) is 17.6. The highest BCUT2D eigenvalue weighted by Gasteiger charge is 2.36. The van der Waals surface area contributed by atoms with E-state index in [1.807, 2.05) is 32.9 Å². The zero-order valence-electron chi connectivity index (χ0n) is 13.9. The van der Waals surface area contributed by atoms with Crippen LogP contribution in [0.15, 0.2) is 24.3 Å². The van der Waals surface area contributed by atoms with Crippen molar-refractivity contribution >= 4 is 29.5 Å². The highest BCUT2D eigenvalue weighted by atomic mass is 32.2. The lowest BCUT2D eigenvalue weighted by Crippen LogP contribution is -2.43. The third-order valence-electron chi connectivity index (χ3n) is 3.55. The molecule has 0 fully saturated rings. The molecule has 0 aliphatic rings. The number of hydrogen-bond acceptors (Lipinski definition) is 5. The summed E-state index contributed by atoms with van der Waals surface area (Å²) in [6.07, 6.45) is 0.827. The van der Waals surface area contributed by atoms with Crippen LogP contribution >= 0.6 is 11.8 Å². The van der Waals surface area contributed by atoms with Crippen LogP contribution in [0.25, 0.3) is 0 Å². The molecule has 0 aliphatic carbocycles. The molecule has 1 aromatic rings. The number of amidine groups is 1. The van der Waals surface area contributed by atoms with Gasteiger partial charge in [0.1, 0.15) is 0 Å². The molecule has 6 N–H and O–H groups in total. The third-order valence-corrected chi connectivity index (χ3v) is 4.78. The van der Waals surface area contributed by atoms with E-state index in [2.05, 4.69) is 0 Å². The number of thioether (sulfide) groups is 1. The van der Waals surface area contributed by atoms with E-state index < -0.39 is 17.5 Å². The van der Waals surface area contributed by atoms with E-state index in [1.54, 1.807) is 26.0 Å². The average molecular weight is 326 g/mol. The van der Waals surface area contributed by atoms with E-state index in [4.69, 9.17) is 21.2 Å². The maximum atomic E-state index is 9.62. The summed E-state index contributed by atoms with van der Waals surface area (Å²) in [5.74, 6) is 0. The maximum absolute atomic E-state index is 9.62. The lowest BCUT2D eigenvalue weighted by Gasteiger charge is -2.35. The van der Waals surface area contributed by atoms with Crippen molar-refractivity contribution in [1.82, 2.24) is 0 Å². The normalized spacial score (nSPS) is 11.5. The van der Waals surface area contributed by atoms with Crippen LogP contribution < -0.4 is 11.2 Å². The minimum absolute atomic E-state index is 0.0390. The lowest BCUT2D eigenvalue weighted by atomic mass is 9.76. The van der Waals surface area contributed by atoms with E-state index in [0.29, 0.717) is 5.46 Å². The van der Waals surface area contributed by atoms with Gasteiger partial charge in [0, 0.05) is 4.75 Å².